The van der Waals surface area contributed by atoms with Gasteiger partial charge in [0.15, 0.2) is 0 Å². The molecule has 5 heteroatoms. The minimum Gasteiger partial charge on any atom is -0.467 e. The molecule has 0 amide bonds. The molecule has 0 fully saturated rings. The normalized spacial score (nSPS) is 12.2. The van der Waals surface area contributed by atoms with E-state index in [9.17, 15) is 14.0 Å². The minimum absolute atomic E-state index is 0.0295. The van der Waals surface area contributed by atoms with E-state index in [1.54, 1.807) is 30.4 Å². The number of carbonyl (C=O) groups is 2. The number of rotatable bonds is 6. The third kappa shape index (κ3) is 5.65. The Labute approximate surface area is 117 Å². The number of halogens is 1. The van der Waals surface area contributed by atoms with Gasteiger partial charge >= 0.3 is 11.9 Å². The predicted octanol–water partition coefficient (Wildman–Crippen LogP) is 2.32. The van der Waals surface area contributed by atoms with E-state index in [0.29, 0.717) is 5.56 Å². The quantitative estimate of drug-likeness (QED) is 0.750. The fraction of sp³-hybridized carbons (Fsp3) is 0.333. The summed E-state index contributed by atoms with van der Waals surface area (Å²) in [4.78, 5) is 21.6. The van der Waals surface area contributed by atoms with Crippen molar-refractivity contribution in [2.45, 2.75) is 19.5 Å². The molecule has 4 nitrogen and oxygen atoms in total. The second kappa shape index (κ2) is 8.09. The summed E-state index contributed by atoms with van der Waals surface area (Å²) in [5.74, 6) is -1.22. The van der Waals surface area contributed by atoms with E-state index in [-0.39, 0.29) is 19.0 Å². The van der Waals surface area contributed by atoms with Crippen molar-refractivity contribution in [3.05, 3.63) is 41.5 Å². The van der Waals surface area contributed by atoms with Gasteiger partial charge in [-0.3, -0.25) is 4.79 Å². The monoisotopic (exact) mass is 280 g/mol. The van der Waals surface area contributed by atoms with Crippen LogP contribution in [0.1, 0.15) is 18.1 Å². The van der Waals surface area contributed by atoms with Crippen LogP contribution in [0.25, 0.3) is 6.08 Å². The molecule has 1 aromatic carbocycles. The molecule has 1 aromatic rings. The van der Waals surface area contributed by atoms with Crippen LogP contribution in [0.3, 0.4) is 0 Å². The van der Waals surface area contributed by atoms with Crippen molar-refractivity contribution in [1.29, 1.82) is 0 Å². The van der Waals surface area contributed by atoms with Crippen molar-refractivity contribution in [1.82, 2.24) is 0 Å². The van der Waals surface area contributed by atoms with Gasteiger partial charge in [-0.15, -0.1) is 0 Å². The molecule has 1 atom stereocenters. The lowest BCUT2D eigenvalue weighted by Gasteiger charge is -2.06. The lowest BCUT2D eigenvalue weighted by atomic mass is 10.1. The van der Waals surface area contributed by atoms with Crippen molar-refractivity contribution in [3.8, 4) is 0 Å². The van der Waals surface area contributed by atoms with E-state index in [0.717, 1.165) is 12.7 Å². The molecule has 0 aromatic heterocycles. The number of hydrogen-bond acceptors (Lipinski definition) is 4. The Kier molecular flexibility index (Phi) is 6.43. The second-order valence-electron chi connectivity index (χ2n) is 4.14. The first kappa shape index (κ1) is 15.9. The number of carbonyl (C=O) groups excluding carboxylic acids is 2. The highest BCUT2D eigenvalue weighted by molar-refractivity contribution is 5.74. The van der Waals surface area contributed by atoms with Crippen LogP contribution < -0.4 is 0 Å². The van der Waals surface area contributed by atoms with E-state index in [4.69, 9.17) is 4.74 Å². The molecule has 0 radical (unpaired) electrons. The zero-order valence-electron chi connectivity index (χ0n) is 11.5. The molecule has 0 saturated carbocycles. The molecule has 1 unspecified atom stereocenters. The first-order valence-corrected chi connectivity index (χ1v) is 6.13. The summed E-state index contributed by atoms with van der Waals surface area (Å²) in [6.45, 7) is 1.52. The maximum Gasteiger partial charge on any atom is 0.340 e. The van der Waals surface area contributed by atoms with E-state index in [2.05, 4.69) is 4.74 Å². The summed E-state index contributed by atoms with van der Waals surface area (Å²) in [7, 11) is 1.16. The highest BCUT2D eigenvalue weighted by Crippen LogP contribution is 2.11. The number of hydrogen-bond donors (Lipinski definition) is 0. The first-order valence-electron chi connectivity index (χ1n) is 6.13. The average molecular weight is 280 g/mol. The van der Waals surface area contributed by atoms with Crippen LogP contribution in [0.5, 0.6) is 0 Å². The Bertz CT molecular complexity index is 496. The number of methoxy groups -OCH3 is 1. The third-order valence-electron chi connectivity index (χ3n) is 2.52. The number of ether oxygens (including phenoxy) is 2. The predicted molar refractivity (Wildman–Crippen MR) is 72.7 cm³/mol. The SMILES string of the molecule is COC(=O)C(F)Cc1cccc(C=CCOC(C)=O)c1. The van der Waals surface area contributed by atoms with Gasteiger partial charge < -0.3 is 9.47 Å². The Morgan fingerprint density at radius 1 is 1.40 bits per heavy atom. The summed E-state index contributed by atoms with van der Waals surface area (Å²) in [6.07, 6.45) is 1.75. The van der Waals surface area contributed by atoms with Crippen LogP contribution >= 0.6 is 0 Å². The van der Waals surface area contributed by atoms with Gasteiger partial charge in [-0.25, -0.2) is 9.18 Å². The standard InChI is InChI=1S/C15H17FO4/c1-11(17)20-8-4-7-12-5-3-6-13(9-12)10-14(16)15(18)19-2/h3-7,9,14H,8,10H2,1-2H3. The zero-order chi connectivity index (χ0) is 15.0. The van der Waals surface area contributed by atoms with E-state index in [1.165, 1.54) is 6.92 Å². The molecule has 0 bridgehead atoms. The Morgan fingerprint density at radius 2 is 2.15 bits per heavy atom. The molecular weight excluding hydrogens is 263 g/mol. The number of esters is 2. The molecule has 0 N–H and O–H groups in total. The van der Waals surface area contributed by atoms with Crippen molar-refractivity contribution in [3.63, 3.8) is 0 Å². The van der Waals surface area contributed by atoms with Gasteiger partial charge in [-0.05, 0) is 17.2 Å². The van der Waals surface area contributed by atoms with Crippen molar-refractivity contribution in [2.75, 3.05) is 13.7 Å². The van der Waals surface area contributed by atoms with Crippen molar-refractivity contribution in [2.24, 2.45) is 0 Å². The van der Waals surface area contributed by atoms with Crippen LogP contribution in [0.15, 0.2) is 30.3 Å². The van der Waals surface area contributed by atoms with Crippen LogP contribution in [-0.2, 0) is 25.5 Å². The molecule has 108 valence electrons. The van der Waals surface area contributed by atoms with Crippen molar-refractivity contribution >= 4 is 18.0 Å². The van der Waals surface area contributed by atoms with E-state index >= 15 is 0 Å². The maximum absolute atomic E-state index is 13.5. The molecule has 0 aliphatic carbocycles. The summed E-state index contributed by atoms with van der Waals surface area (Å²) < 4.78 is 22.6. The Hall–Kier alpha value is -2.17. The minimum atomic E-state index is -1.67. The van der Waals surface area contributed by atoms with Crippen LogP contribution in [-0.4, -0.2) is 31.8 Å². The van der Waals surface area contributed by atoms with Gasteiger partial charge in [0.05, 0.1) is 7.11 Å². The molecule has 0 saturated heterocycles. The number of benzene rings is 1. The zero-order valence-corrected chi connectivity index (χ0v) is 11.5. The maximum atomic E-state index is 13.5. The second-order valence-corrected chi connectivity index (χ2v) is 4.14. The van der Waals surface area contributed by atoms with Gasteiger partial charge in [0.25, 0.3) is 0 Å². The van der Waals surface area contributed by atoms with Crippen molar-refractivity contribution < 1.29 is 23.5 Å². The smallest absolute Gasteiger partial charge is 0.340 e. The van der Waals surface area contributed by atoms with E-state index in [1.807, 2.05) is 6.07 Å². The highest BCUT2D eigenvalue weighted by atomic mass is 19.1. The molecule has 20 heavy (non-hydrogen) atoms. The third-order valence-corrected chi connectivity index (χ3v) is 2.52. The highest BCUT2D eigenvalue weighted by Gasteiger charge is 2.17. The summed E-state index contributed by atoms with van der Waals surface area (Å²) in [5, 5.41) is 0. The lowest BCUT2D eigenvalue weighted by molar-refractivity contribution is -0.146. The van der Waals surface area contributed by atoms with Gasteiger partial charge in [0.1, 0.15) is 6.61 Å². The summed E-state index contributed by atoms with van der Waals surface area (Å²) >= 11 is 0. The van der Waals surface area contributed by atoms with Gasteiger partial charge in [-0.1, -0.05) is 30.3 Å². The van der Waals surface area contributed by atoms with Gasteiger partial charge in [0, 0.05) is 13.3 Å². The first-order chi connectivity index (χ1) is 9.52. The molecule has 1 rings (SSSR count). The average Bonchev–Trinajstić information content (AvgIpc) is 2.43. The summed E-state index contributed by atoms with van der Waals surface area (Å²) in [6, 6.07) is 7.10. The topological polar surface area (TPSA) is 52.6 Å². The lowest BCUT2D eigenvalue weighted by Crippen LogP contribution is -2.19. The molecule has 0 aliphatic rings. The van der Waals surface area contributed by atoms with Crippen LogP contribution in [0.2, 0.25) is 0 Å². The molecular formula is C15H17FO4. The molecule has 0 heterocycles. The van der Waals surface area contributed by atoms with Gasteiger partial charge in [0.2, 0.25) is 6.17 Å². The Morgan fingerprint density at radius 3 is 2.80 bits per heavy atom. The molecule has 0 aliphatic heterocycles. The Balaban J connectivity index is 2.61. The summed E-state index contributed by atoms with van der Waals surface area (Å²) in [5.41, 5.74) is 1.53. The molecule has 0 spiro atoms. The van der Waals surface area contributed by atoms with E-state index < -0.39 is 12.1 Å². The van der Waals surface area contributed by atoms with Gasteiger partial charge in [-0.2, -0.15) is 0 Å². The van der Waals surface area contributed by atoms with Crippen LogP contribution in [0.4, 0.5) is 4.39 Å². The fourth-order valence-electron chi connectivity index (χ4n) is 1.59. The van der Waals surface area contributed by atoms with Crippen LogP contribution in [0, 0.1) is 0 Å². The fourth-order valence-corrected chi connectivity index (χ4v) is 1.59. The number of alkyl halides is 1. The largest absolute Gasteiger partial charge is 0.467 e.